The lowest BCUT2D eigenvalue weighted by molar-refractivity contribution is -0.125. The van der Waals surface area contributed by atoms with Crippen molar-refractivity contribution in [3.05, 3.63) is 0 Å². The van der Waals surface area contributed by atoms with Crippen LogP contribution in [0.2, 0.25) is 0 Å². The van der Waals surface area contributed by atoms with Gasteiger partial charge in [-0.15, -0.1) is 0 Å². The van der Waals surface area contributed by atoms with Crippen molar-refractivity contribution in [1.29, 1.82) is 0 Å². The Hall–Kier alpha value is -0.570. The molecular formula is C13H26N2O. The Kier molecular flexibility index (Phi) is 5.26. The van der Waals surface area contributed by atoms with E-state index in [1.165, 1.54) is 32.1 Å². The minimum atomic E-state index is 0.0558. The van der Waals surface area contributed by atoms with Crippen LogP contribution in [0.25, 0.3) is 0 Å². The molecule has 0 aliphatic heterocycles. The molecular weight excluding hydrogens is 200 g/mol. The van der Waals surface area contributed by atoms with Crippen LogP contribution in [-0.2, 0) is 4.79 Å². The molecule has 1 atom stereocenters. The van der Waals surface area contributed by atoms with Gasteiger partial charge in [0.1, 0.15) is 0 Å². The zero-order valence-corrected chi connectivity index (χ0v) is 10.7. The molecule has 16 heavy (non-hydrogen) atoms. The summed E-state index contributed by atoms with van der Waals surface area (Å²) < 4.78 is 0. The van der Waals surface area contributed by atoms with Gasteiger partial charge >= 0.3 is 0 Å². The van der Waals surface area contributed by atoms with Gasteiger partial charge in [-0.3, -0.25) is 4.79 Å². The highest BCUT2D eigenvalue weighted by atomic mass is 16.1. The first-order chi connectivity index (χ1) is 7.63. The highest BCUT2D eigenvalue weighted by Gasteiger charge is 2.32. The van der Waals surface area contributed by atoms with E-state index in [-0.39, 0.29) is 11.8 Å². The van der Waals surface area contributed by atoms with E-state index in [2.05, 4.69) is 12.2 Å². The van der Waals surface area contributed by atoms with Crippen molar-refractivity contribution in [3.8, 4) is 0 Å². The maximum atomic E-state index is 11.8. The number of nitrogens with one attached hydrogen (secondary N) is 1. The Morgan fingerprint density at radius 1 is 1.44 bits per heavy atom. The molecule has 0 aromatic rings. The predicted octanol–water partition coefficient (Wildman–Crippen LogP) is 2.06. The molecule has 0 aromatic carbocycles. The third kappa shape index (κ3) is 3.48. The molecule has 1 aliphatic rings. The van der Waals surface area contributed by atoms with Crippen LogP contribution in [0.3, 0.4) is 0 Å². The molecule has 1 unspecified atom stereocenters. The lowest BCUT2D eigenvalue weighted by atomic mass is 9.83. The Morgan fingerprint density at radius 3 is 2.56 bits per heavy atom. The summed E-state index contributed by atoms with van der Waals surface area (Å²) in [5, 5.41) is 3.11. The average Bonchev–Trinajstić information content (AvgIpc) is 2.75. The molecule has 0 spiro atoms. The van der Waals surface area contributed by atoms with Gasteiger partial charge in [-0.05, 0) is 37.6 Å². The van der Waals surface area contributed by atoms with Crippen LogP contribution in [0.1, 0.15) is 52.4 Å². The van der Waals surface area contributed by atoms with Crippen molar-refractivity contribution in [2.45, 2.75) is 52.4 Å². The van der Waals surface area contributed by atoms with Crippen molar-refractivity contribution >= 4 is 5.91 Å². The summed E-state index contributed by atoms with van der Waals surface area (Å²) in [6.45, 7) is 5.64. The molecule has 3 heteroatoms. The van der Waals surface area contributed by atoms with Crippen molar-refractivity contribution in [1.82, 2.24) is 5.32 Å². The van der Waals surface area contributed by atoms with E-state index in [1.807, 2.05) is 6.92 Å². The van der Waals surface area contributed by atoms with Gasteiger partial charge in [0.05, 0.1) is 0 Å². The second-order valence-electron chi connectivity index (χ2n) is 5.26. The number of hydrogen-bond acceptors (Lipinski definition) is 2. The Labute approximate surface area is 99.2 Å². The molecule has 0 heterocycles. The topological polar surface area (TPSA) is 55.1 Å². The van der Waals surface area contributed by atoms with E-state index >= 15 is 0 Å². The van der Waals surface area contributed by atoms with Crippen molar-refractivity contribution < 1.29 is 4.79 Å². The smallest absolute Gasteiger partial charge is 0.222 e. The average molecular weight is 226 g/mol. The van der Waals surface area contributed by atoms with Crippen LogP contribution < -0.4 is 11.1 Å². The third-order valence-corrected chi connectivity index (χ3v) is 4.10. The molecule has 0 aromatic heterocycles. The molecule has 1 saturated carbocycles. The van der Waals surface area contributed by atoms with Crippen LogP contribution in [0.5, 0.6) is 0 Å². The molecule has 0 saturated heterocycles. The first-order valence-electron chi connectivity index (χ1n) is 6.61. The normalized spacial score (nSPS) is 20.7. The van der Waals surface area contributed by atoms with Gasteiger partial charge in [-0.2, -0.15) is 0 Å². The highest BCUT2D eigenvalue weighted by Crippen LogP contribution is 2.40. The minimum absolute atomic E-state index is 0.0558. The number of carbonyl (C=O) groups is 1. The van der Waals surface area contributed by atoms with Crippen LogP contribution in [0, 0.1) is 11.3 Å². The van der Waals surface area contributed by atoms with Gasteiger partial charge in [0.2, 0.25) is 5.91 Å². The summed E-state index contributed by atoms with van der Waals surface area (Å²) in [6.07, 6.45) is 7.15. The molecule has 3 nitrogen and oxygen atoms in total. The molecule has 0 radical (unpaired) electrons. The first-order valence-corrected chi connectivity index (χ1v) is 6.61. The minimum Gasteiger partial charge on any atom is -0.355 e. The zero-order valence-electron chi connectivity index (χ0n) is 10.7. The number of hydrogen-bond donors (Lipinski definition) is 2. The number of carbonyl (C=O) groups excluding carboxylic acids is 1. The van der Waals surface area contributed by atoms with Crippen LogP contribution in [0.4, 0.5) is 0 Å². The summed E-state index contributed by atoms with van der Waals surface area (Å²) >= 11 is 0. The summed E-state index contributed by atoms with van der Waals surface area (Å²) in [5.74, 6) is 0.227. The molecule has 1 aliphatic carbocycles. The summed E-state index contributed by atoms with van der Waals surface area (Å²) in [4.78, 5) is 11.8. The molecule has 1 rings (SSSR count). The lowest BCUT2D eigenvalue weighted by Crippen LogP contribution is -2.38. The largest absolute Gasteiger partial charge is 0.355 e. The number of rotatable bonds is 6. The molecule has 1 fully saturated rings. The molecule has 94 valence electrons. The maximum absolute atomic E-state index is 11.8. The van der Waals surface area contributed by atoms with Crippen LogP contribution >= 0.6 is 0 Å². The first kappa shape index (κ1) is 13.5. The molecule has 0 bridgehead atoms. The van der Waals surface area contributed by atoms with E-state index in [0.29, 0.717) is 12.0 Å². The van der Waals surface area contributed by atoms with Gasteiger partial charge in [-0.25, -0.2) is 0 Å². The summed E-state index contributed by atoms with van der Waals surface area (Å²) in [7, 11) is 0. The fourth-order valence-corrected chi connectivity index (χ4v) is 2.61. The van der Waals surface area contributed by atoms with Crippen molar-refractivity contribution in [2.24, 2.45) is 17.1 Å². The van der Waals surface area contributed by atoms with Crippen LogP contribution in [0.15, 0.2) is 0 Å². The van der Waals surface area contributed by atoms with Crippen molar-refractivity contribution in [2.75, 3.05) is 13.1 Å². The molecule has 3 N–H and O–H groups in total. The van der Waals surface area contributed by atoms with Gasteiger partial charge in [0.15, 0.2) is 0 Å². The van der Waals surface area contributed by atoms with Crippen molar-refractivity contribution in [3.63, 3.8) is 0 Å². The van der Waals surface area contributed by atoms with E-state index in [1.54, 1.807) is 0 Å². The Morgan fingerprint density at radius 2 is 2.06 bits per heavy atom. The van der Waals surface area contributed by atoms with E-state index in [9.17, 15) is 4.79 Å². The van der Waals surface area contributed by atoms with Gasteiger partial charge in [0, 0.05) is 12.5 Å². The summed E-state index contributed by atoms with van der Waals surface area (Å²) in [5.41, 5.74) is 5.84. The zero-order chi connectivity index (χ0) is 12.0. The third-order valence-electron chi connectivity index (χ3n) is 4.10. The Balaban J connectivity index is 2.35. The quantitative estimate of drug-likeness (QED) is 0.728. The van der Waals surface area contributed by atoms with E-state index in [4.69, 9.17) is 5.73 Å². The fraction of sp³-hybridized carbons (Fsp3) is 0.923. The van der Waals surface area contributed by atoms with Crippen LogP contribution in [-0.4, -0.2) is 19.0 Å². The predicted molar refractivity (Wildman–Crippen MR) is 67.0 cm³/mol. The fourth-order valence-electron chi connectivity index (χ4n) is 2.61. The Bertz CT molecular complexity index is 222. The molecule has 1 amide bonds. The van der Waals surface area contributed by atoms with Gasteiger partial charge in [0.25, 0.3) is 0 Å². The van der Waals surface area contributed by atoms with Gasteiger partial charge in [-0.1, -0.05) is 26.7 Å². The number of nitrogens with two attached hydrogens (primary N) is 1. The van der Waals surface area contributed by atoms with Gasteiger partial charge < -0.3 is 11.1 Å². The summed E-state index contributed by atoms with van der Waals surface area (Å²) in [6, 6.07) is 0. The lowest BCUT2D eigenvalue weighted by Gasteiger charge is -2.28. The SMILES string of the molecule is CCC1(CNC(=O)C(C)CCN)CCCC1. The van der Waals surface area contributed by atoms with E-state index < -0.39 is 0 Å². The standard InChI is InChI=1S/C13H26N2O/c1-3-13(7-4-5-8-13)10-15-12(16)11(2)6-9-14/h11H,3-10,14H2,1-2H3,(H,15,16). The highest BCUT2D eigenvalue weighted by molar-refractivity contribution is 5.78. The number of amides is 1. The maximum Gasteiger partial charge on any atom is 0.222 e. The monoisotopic (exact) mass is 226 g/mol. The van der Waals surface area contributed by atoms with E-state index in [0.717, 1.165) is 13.0 Å². The second-order valence-corrected chi connectivity index (χ2v) is 5.26. The second kappa shape index (κ2) is 6.24.